The highest BCUT2D eigenvalue weighted by Crippen LogP contribution is 2.38. The van der Waals surface area contributed by atoms with Crippen LogP contribution in [-0.4, -0.2) is 20.4 Å². The maximum absolute atomic E-state index is 9.91. The molecular formula is C28H23Cl2N7. The van der Waals surface area contributed by atoms with E-state index in [0.717, 1.165) is 28.6 Å². The van der Waals surface area contributed by atoms with Crippen molar-refractivity contribution in [3.05, 3.63) is 112 Å². The highest BCUT2D eigenvalue weighted by Gasteiger charge is 2.22. The second-order valence-electron chi connectivity index (χ2n) is 8.53. The van der Waals surface area contributed by atoms with Gasteiger partial charge in [0.15, 0.2) is 0 Å². The zero-order valence-corrected chi connectivity index (χ0v) is 21.4. The van der Waals surface area contributed by atoms with Gasteiger partial charge in [0, 0.05) is 28.5 Å². The van der Waals surface area contributed by atoms with Crippen LogP contribution in [0.15, 0.2) is 79.1 Å². The molecule has 0 saturated heterocycles. The number of rotatable bonds is 8. The van der Waals surface area contributed by atoms with Gasteiger partial charge in [0.05, 0.1) is 33.9 Å². The van der Waals surface area contributed by atoms with Gasteiger partial charge in [-0.25, -0.2) is 0 Å². The van der Waals surface area contributed by atoms with E-state index in [4.69, 9.17) is 23.2 Å². The lowest BCUT2D eigenvalue weighted by atomic mass is 10.0. The fourth-order valence-corrected chi connectivity index (χ4v) is 4.92. The molecule has 2 atom stereocenters. The molecule has 184 valence electrons. The largest absolute Gasteiger partial charge is 0.377 e. The lowest BCUT2D eigenvalue weighted by molar-refractivity contribution is 0.750. The topological polar surface area (TPSA) is 102 Å². The fourth-order valence-electron chi connectivity index (χ4n) is 4.40. The van der Waals surface area contributed by atoms with Gasteiger partial charge in [-0.2, -0.15) is 5.26 Å². The molecule has 2 heterocycles. The van der Waals surface area contributed by atoms with Crippen molar-refractivity contribution in [3.63, 3.8) is 0 Å². The number of pyridine rings is 1. The van der Waals surface area contributed by atoms with Gasteiger partial charge in [0.2, 0.25) is 0 Å². The molecule has 3 N–H and O–H groups in total. The second-order valence-corrected chi connectivity index (χ2v) is 9.34. The number of anilines is 2. The number of aromatic amines is 1. The summed E-state index contributed by atoms with van der Waals surface area (Å²) in [5.74, 6) is 0. The van der Waals surface area contributed by atoms with E-state index < -0.39 is 6.04 Å². The Morgan fingerprint density at radius 3 is 2.49 bits per heavy atom. The highest BCUT2D eigenvalue weighted by molar-refractivity contribution is 6.36. The minimum absolute atomic E-state index is 0.000273. The van der Waals surface area contributed by atoms with Gasteiger partial charge in [-0.15, -0.1) is 5.10 Å². The van der Waals surface area contributed by atoms with Gasteiger partial charge in [-0.1, -0.05) is 83.9 Å². The number of halogens is 2. The zero-order valence-electron chi connectivity index (χ0n) is 19.9. The van der Waals surface area contributed by atoms with Crippen LogP contribution in [0.3, 0.4) is 0 Å². The Bertz CT molecular complexity index is 1560. The SMILES string of the molecule is CC[C@@H](Nc1c(C#N)cnc2c(Cl)cc(N[C@@H](c3c[nH]nn3)c3ccccc3Cl)cc12)c1ccccc1. The normalized spacial score (nSPS) is 12.6. The van der Waals surface area contributed by atoms with E-state index in [2.05, 4.69) is 56.2 Å². The van der Waals surface area contributed by atoms with Gasteiger partial charge in [-0.05, 0) is 35.7 Å². The molecule has 5 rings (SSSR count). The van der Waals surface area contributed by atoms with E-state index in [-0.39, 0.29) is 6.04 Å². The summed E-state index contributed by atoms with van der Waals surface area (Å²) in [7, 11) is 0. The smallest absolute Gasteiger partial charge is 0.109 e. The number of hydrogen-bond acceptors (Lipinski definition) is 6. The molecular weight excluding hydrogens is 505 g/mol. The van der Waals surface area contributed by atoms with Crippen LogP contribution in [-0.2, 0) is 0 Å². The average Bonchev–Trinajstić information content (AvgIpc) is 3.46. The molecule has 0 aliphatic heterocycles. The van der Waals surface area contributed by atoms with E-state index in [0.29, 0.717) is 32.5 Å². The van der Waals surface area contributed by atoms with Crippen molar-refractivity contribution >= 4 is 45.5 Å². The van der Waals surface area contributed by atoms with E-state index >= 15 is 0 Å². The van der Waals surface area contributed by atoms with Crippen LogP contribution < -0.4 is 10.6 Å². The molecule has 0 bridgehead atoms. The predicted octanol–water partition coefficient (Wildman–Crippen LogP) is 7.30. The third-order valence-corrected chi connectivity index (χ3v) is 6.86. The van der Waals surface area contributed by atoms with E-state index in [1.807, 2.05) is 54.6 Å². The molecule has 0 saturated carbocycles. The van der Waals surface area contributed by atoms with Gasteiger partial charge < -0.3 is 10.6 Å². The number of fused-ring (bicyclic) bond motifs is 1. The standard InChI is InChI=1S/C28H23Cl2N7/c1-2-24(17-8-4-3-5-9-17)35-26-18(14-31)15-32-27-21(26)12-19(13-23(27)30)34-28(25-16-33-37-36-25)20-10-6-7-11-22(20)29/h3-13,15-16,24,28,34H,2H2,1H3,(H,32,35)(H,33,36,37)/t24-,28-/m1/s1. The van der Waals surface area contributed by atoms with Crippen LogP contribution in [0.2, 0.25) is 10.0 Å². The number of hydrogen-bond donors (Lipinski definition) is 3. The van der Waals surface area contributed by atoms with Crippen molar-refractivity contribution in [2.24, 2.45) is 0 Å². The maximum atomic E-state index is 9.91. The van der Waals surface area contributed by atoms with Gasteiger partial charge in [0.25, 0.3) is 0 Å². The molecule has 0 fully saturated rings. The molecule has 37 heavy (non-hydrogen) atoms. The van der Waals surface area contributed by atoms with Crippen LogP contribution in [0.1, 0.15) is 47.8 Å². The van der Waals surface area contributed by atoms with Crippen molar-refractivity contribution in [1.82, 2.24) is 20.4 Å². The second kappa shape index (κ2) is 10.9. The summed E-state index contributed by atoms with van der Waals surface area (Å²) >= 11 is 13.3. The summed E-state index contributed by atoms with van der Waals surface area (Å²) in [6.07, 6.45) is 4.10. The molecule has 0 radical (unpaired) electrons. The summed E-state index contributed by atoms with van der Waals surface area (Å²) in [6.45, 7) is 2.10. The molecule has 0 amide bonds. The third kappa shape index (κ3) is 5.08. The number of H-pyrrole nitrogens is 1. The van der Waals surface area contributed by atoms with Crippen LogP contribution in [0, 0.1) is 11.3 Å². The fraction of sp³-hybridized carbons (Fsp3) is 0.143. The summed E-state index contributed by atoms with van der Waals surface area (Å²) in [4.78, 5) is 4.49. The van der Waals surface area contributed by atoms with Crippen LogP contribution in [0.25, 0.3) is 10.9 Å². The summed E-state index contributed by atoms with van der Waals surface area (Å²) in [5.41, 5.74) is 5.08. The summed E-state index contributed by atoms with van der Waals surface area (Å²) in [5, 5.41) is 29.7. The van der Waals surface area contributed by atoms with E-state index in [1.54, 1.807) is 12.4 Å². The van der Waals surface area contributed by atoms with Gasteiger partial charge in [-0.3, -0.25) is 10.1 Å². The molecule has 0 spiro atoms. The molecule has 9 heteroatoms. The number of aromatic nitrogens is 4. The Hall–Kier alpha value is -4.12. The van der Waals surface area contributed by atoms with Crippen LogP contribution >= 0.6 is 23.2 Å². The molecule has 0 aliphatic carbocycles. The Morgan fingerprint density at radius 2 is 1.78 bits per heavy atom. The quantitative estimate of drug-likeness (QED) is 0.195. The minimum atomic E-state index is -0.391. The van der Waals surface area contributed by atoms with Gasteiger partial charge in [0.1, 0.15) is 11.8 Å². The summed E-state index contributed by atoms with van der Waals surface area (Å²) in [6, 6.07) is 23.3. The van der Waals surface area contributed by atoms with Crippen molar-refractivity contribution in [3.8, 4) is 6.07 Å². The first-order chi connectivity index (χ1) is 18.1. The highest BCUT2D eigenvalue weighted by atomic mass is 35.5. The molecule has 7 nitrogen and oxygen atoms in total. The zero-order chi connectivity index (χ0) is 25.8. The monoisotopic (exact) mass is 527 g/mol. The Balaban J connectivity index is 1.61. The average molecular weight is 528 g/mol. The van der Waals surface area contributed by atoms with E-state index in [1.165, 1.54) is 0 Å². The third-order valence-electron chi connectivity index (χ3n) is 6.23. The Morgan fingerprint density at radius 1 is 1.00 bits per heavy atom. The molecule has 5 aromatic rings. The first-order valence-corrected chi connectivity index (χ1v) is 12.6. The number of nitrogens with zero attached hydrogens (tertiary/aromatic N) is 4. The molecule has 3 aromatic carbocycles. The number of benzene rings is 3. The molecule has 0 unspecified atom stereocenters. The maximum Gasteiger partial charge on any atom is 0.109 e. The lowest BCUT2D eigenvalue weighted by Crippen LogP contribution is -2.14. The summed E-state index contributed by atoms with van der Waals surface area (Å²) < 4.78 is 0. The van der Waals surface area contributed by atoms with Gasteiger partial charge >= 0.3 is 0 Å². The van der Waals surface area contributed by atoms with Crippen molar-refractivity contribution in [2.75, 3.05) is 10.6 Å². The van der Waals surface area contributed by atoms with E-state index in [9.17, 15) is 5.26 Å². The van der Waals surface area contributed by atoms with Crippen LogP contribution in [0.4, 0.5) is 11.4 Å². The first kappa shape index (κ1) is 24.6. The van der Waals surface area contributed by atoms with Crippen LogP contribution in [0.5, 0.6) is 0 Å². The minimum Gasteiger partial charge on any atom is -0.377 e. The lowest BCUT2D eigenvalue weighted by Gasteiger charge is -2.23. The Kier molecular flexibility index (Phi) is 7.22. The first-order valence-electron chi connectivity index (χ1n) is 11.8. The number of nitriles is 1. The molecule has 0 aliphatic rings. The number of nitrogens with one attached hydrogen (secondary N) is 3. The predicted molar refractivity (Wildman–Crippen MR) is 148 cm³/mol. The van der Waals surface area contributed by atoms with Crippen molar-refractivity contribution in [1.29, 1.82) is 5.26 Å². The molecule has 2 aromatic heterocycles. The van der Waals surface area contributed by atoms with Crippen molar-refractivity contribution < 1.29 is 0 Å². The Labute approximate surface area is 224 Å². The van der Waals surface area contributed by atoms with Crippen molar-refractivity contribution in [2.45, 2.75) is 25.4 Å².